The number of aromatic nitrogens is 4. The number of fused-ring (bicyclic) bond motifs is 1. The number of hydrogen-bond donors (Lipinski definition) is 4. The highest BCUT2D eigenvalue weighted by Gasteiger charge is 2.19. The maximum atomic E-state index is 12.3. The third kappa shape index (κ3) is 7.00. The van der Waals surface area contributed by atoms with Crippen LogP contribution < -0.4 is 16.0 Å². The van der Waals surface area contributed by atoms with Gasteiger partial charge in [0.25, 0.3) is 5.91 Å². The number of halogens is 1. The molecule has 12 heteroatoms. The Kier molecular flexibility index (Phi) is 9.08. The SMILES string of the molecule is O=C(O)CCCCNC(=O)c1ccc(Nc2nc(NC3CCCCC3)c3ncn(PI)c3n2)cc1. The number of nitrogens with one attached hydrogen (secondary N) is 3. The number of aliphatic carboxylic acids is 1. The van der Waals surface area contributed by atoms with Gasteiger partial charge >= 0.3 is 5.97 Å². The van der Waals surface area contributed by atoms with Gasteiger partial charge in [-0.15, -0.1) is 0 Å². The first-order chi connectivity index (χ1) is 17.0. The Morgan fingerprint density at radius 3 is 2.60 bits per heavy atom. The fourth-order valence-corrected chi connectivity index (χ4v) is 5.49. The summed E-state index contributed by atoms with van der Waals surface area (Å²) in [4.78, 5) is 36.9. The average molecular weight is 609 g/mol. The maximum absolute atomic E-state index is 12.3. The van der Waals surface area contributed by atoms with E-state index in [1.807, 2.05) is 16.5 Å². The molecule has 0 bridgehead atoms. The van der Waals surface area contributed by atoms with Crippen molar-refractivity contribution in [1.29, 1.82) is 0 Å². The molecule has 1 fully saturated rings. The van der Waals surface area contributed by atoms with Gasteiger partial charge in [-0.25, -0.2) is 4.98 Å². The van der Waals surface area contributed by atoms with Gasteiger partial charge in [0.15, 0.2) is 17.0 Å². The topological polar surface area (TPSA) is 134 Å². The number of hydrogen-bond acceptors (Lipinski definition) is 7. The summed E-state index contributed by atoms with van der Waals surface area (Å²) in [5.41, 5.74) is 2.87. The highest BCUT2D eigenvalue weighted by molar-refractivity contribution is 14.2. The minimum absolute atomic E-state index is 0.112. The molecule has 2 aromatic heterocycles. The molecule has 0 spiro atoms. The van der Waals surface area contributed by atoms with Crippen molar-refractivity contribution in [3.05, 3.63) is 36.2 Å². The first-order valence-electron chi connectivity index (χ1n) is 11.8. The largest absolute Gasteiger partial charge is 0.481 e. The Morgan fingerprint density at radius 2 is 1.89 bits per heavy atom. The number of nitrogens with zero attached hydrogens (tertiary/aromatic N) is 4. The van der Waals surface area contributed by atoms with Crippen molar-refractivity contribution in [1.82, 2.24) is 24.6 Å². The van der Waals surface area contributed by atoms with E-state index in [0.29, 0.717) is 43.3 Å². The minimum atomic E-state index is -0.821. The molecule has 0 radical (unpaired) electrons. The normalized spacial score (nSPS) is 14.4. The van der Waals surface area contributed by atoms with E-state index in [-0.39, 0.29) is 12.3 Å². The molecule has 1 unspecified atom stereocenters. The van der Waals surface area contributed by atoms with Crippen molar-refractivity contribution in [2.24, 2.45) is 0 Å². The molecule has 1 saturated carbocycles. The Hall–Kier alpha value is -2.53. The summed E-state index contributed by atoms with van der Waals surface area (Å²) >= 11 is 2.31. The van der Waals surface area contributed by atoms with Gasteiger partial charge in [-0.1, -0.05) is 19.3 Å². The molecule has 4 N–H and O–H groups in total. The number of benzene rings is 1. The second kappa shape index (κ2) is 12.4. The van der Waals surface area contributed by atoms with Crippen molar-refractivity contribution in [2.75, 3.05) is 17.2 Å². The molecule has 35 heavy (non-hydrogen) atoms. The van der Waals surface area contributed by atoms with E-state index in [4.69, 9.17) is 15.1 Å². The summed E-state index contributed by atoms with van der Waals surface area (Å²) in [6.45, 7) is 0.446. The molecule has 2 heterocycles. The first-order valence-corrected chi connectivity index (χ1v) is 15.8. The zero-order chi connectivity index (χ0) is 24.6. The third-order valence-corrected chi connectivity index (χ3v) is 8.01. The number of carboxylic acids is 1. The number of unbranched alkanes of at least 4 members (excludes halogenated alkanes) is 1. The minimum Gasteiger partial charge on any atom is -0.481 e. The predicted octanol–water partition coefficient (Wildman–Crippen LogP) is 5.09. The smallest absolute Gasteiger partial charge is 0.303 e. The van der Waals surface area contributed by atoms with Crippen molar-refractivity contribution >= 4 is 68.9 Å². The number of carbonyl (C=O) groups is 2. The van der Waals surface area contributed by atoms with Gasteiger partial charge in [-0.2, -0.15) is 9.97 Å². The number of carbonyl (C=O) groups excluding carboxylic acids is 1. The Balaban J connectivity index is 1.43. The van der Waals surface area contributed by atoms with E-state index < -0.39 is 5.97 Å². The van der Waals surface area contributed by atoms with Crippen LogP contribution in [0.25, 0.3) is 11.2 Å². The third-order valence-electron chi connectivity index (χ3n) is 5.94. The number of imidazole rings is 1. The molecule has 1 aliphatic rings. The molecular formula is C23H29IN7O3P. The van der Waals surface area contributed by atoms with E-state index in [9.17, 15) is 9.59 Å². The van der Waals surface area contributed by atoms with Gasteiger partial charge in [-0.05, 0) is 72.0 Å². The highest BCUT2D eigenvalue weighted by Crippen LogP contribution is 2.32. The zero-order valence-corrected chi connectivity index (χ0v) is 22.4. The molecule has 0 aliphatic heterocycles. The number of rotatable bonds is 11. The average Bonchev–Trinajstić information content (AvgIpc) is 3.28. The lowest BCUT2D eigenvalue weighted by Gasteiger charge is -2.23. The summed E-state index contributed by atoms with van der Waals surface area (Å²) in [7, 11) is 0. The van der Waals surface area contributed by atoms with Crippen LogP contribution in [0.3, 0.4) is 0 Å². The highest BCUT2D eigenvalue weighted by atomic mass is 127. The zero-order valence-electron chi connectivity index (χ0n) is 19.3. The quantitative estimate of drug-likeness (QED) is 0.134. The van der Waals surface area contributed by atoms with E-state index in [1.54, 1.807) is 18.5 Å². The predicted molar refractivity (Wildman–Crippen MR) is 147 cm³/mol. The molecule has 186 valence electrons. The van der Waals surface area contributed by atoms with Crippen molar-refractivity contribution in [3.8, 4) is 0 Å². The molecule has 0 saturated heterocycles. The monoisotopic (exact) mass is 609 g/mol. The molecule has 1 aromatic carbocycles. The van der Waals surface area contributed by atoms with Gasteiger partial charge in [0, 0.05) is 30.3 Å². The van der Waals surface area contributed by atoms with Crippen LogP contribution in [0, 0.1) is 0 Å². The standard InChI is InChI=1S/C23H29IN7O3P/c24-35-31-14-26-19-20(27-16-6-2-1-3-7-16)29-23(30-21(19)31)28-17-11-9-15(10-12-17)22(34)25-13-5-4-8-18(32)33/h9-12,14,16,35H,1-8,13H2,(H,25,34)(H,32,33)(H2,27,28,29,30). The second-order valence-corrected chi connectivity index (χ2v) is 10.7. The van der Waals surface area contributed by atoms with Gasteiger partial charge in [-0.3, -0.25) is 13.9 Å². The Morgan fingerprint density at radius 1 is 1.11 bits per heavy atom. The summed E-state index contributed by atoms with van der Waals surface area (Å²) in [6, 6.07) is 7.51. The van der Waals surface area contributed by atoms with Crippen molar-refractivity contribution in [3.63, 3.8) is 0 Å². The Labute approximate surface area is 218 Å². The Bertz CT molecular complexity index is 1170. The van der Waals surface area contributed by atoms with Crippen LogP contribution in [0.4, 0.5) is 17.5 Å². The van der Waals surface area contributed by atoms with Gasteiger partial charge in [0.1, 0.15) is 6.33 Å². The van der Waals surface area contributed by atoms with E-state index in [0.717, 1.165) is 35.5 Å². The van der Waals surface area contributed by atoms with Crippen LogP contribution in [0.5, 0.6) is 0 Å². The lowest BCUT2D eigenvalue weighted by molar-refractivity contribution is -0.137. The molecular weight excluding hydrogens is 580 g/mol. The van der Waals surface area contributed by atoms with Gasteiger partial charge in [0.05, 0.1) is 6.37 Å². The van der Waals surface area contributed by atoms with Crippen LogP contribution in [-0.4, -0.2) is 48.9 Å². The lowest BCUT2D eigenvalue weighted by atomic mass is 9.95. The summed E-state index contributed by atoms with van der Waals surface area (Å²) in [6.07, 6.45) is 9.55. The summed E-state index contributed by atoms with van der Waals surface area (Å²) in [5.74, 6) is 0.216. The molecule has 4 rings (SSSR count). The van der Waals surface area contributed by atoms with E-state index in [2.05, 4.69) is 43.0 Å². The fourth-order valence-electron chi connectivity index (χ4n) is 4.10. The lowest BCUT2D eigenvalue weighted by Crippen LogP contribution is -2.24. The first kappa shape index (κ1) is 25.6. The van der Waals surface area contributed by atoms with Crippen LogP contribution in [-0.2, 0) is 4.79 Å². The van der Waals surface area contributed by atoms with Crippen LogP contribution in [0.15, 0.2) is 30.6 Å². The number of anilines is 3. The maximum Gasteiger partial charge on any atom is 0.303 e. The van der Waals surface area contributed by atoms with Crippen LogP contribution >= 0.6 is 28.4 Å². The molecule has 10 nitrogen and oxygen atoms in total. The van der Waals surface area contributed by atoms with Gasteiger partial charge < -0.3 is 21.1 Å². The van der Waals surface area contributed by atoms with E-state index >= 15 is 0 Å². The van der Waals surface area contributed by atoms with Crippen LogP contribution in [0.1, 0.15) is 61.7 Å². The van der Waals surface area contributed by atoms with Crippen molar-refractivity contribution < 1.29 is 14.7 Å². The van der Waals surface area contributed by atoms with Crippen LogP contribution in [0.2, 0.25) is 0 Å². The summed E-state index contributed by atoms with van der Waals surface area (Å²) < 4.78 is 2.01. The summed E-state index contributed by atoms with van der Waals surface area (Å²) in [5, 5.41) is 18.4. The number of amides is 1. The second-order valence-electron chi connectivity index (χ2n) is 8.56. The van der Waals surface area contributed by atoms with Gasteiger partial charge in [0.2, 0.25) is 5.95 Å². The van der Waals surface area contributed by atoms with Crippen molar-refractivity contribution in [2.45, 2.75) is 57.4 Å². The molecule has 3 aromatic rings. The van der Waals surface area contributed by atoms with E-state index in [1.165, 1.54) is 19.3 Å². The molecule has 1 aliphatic carbocycles. The fraction of sp³-hybridized carbons (Fsp3) is 0.435. The molecule has 1 atom stereocenters. The number of carboxylic acid groups (broad SMARTS) is 1. The molecule has 1 amide bonds.